The van der Waals surface area contributed by atoms with Gasteiger partial charge in [-0.15, -0.1) is 0 Å². The second kappa shape index (κ2) is 5.19. The zero-order valence-corrected chi connectivity index (χ0v) is 12.0. The van der Waals surface area contributed by atoms with Gasteiger partial charge in [0.15, 0.2) is 0 Å². The normalized spacial score (nSPS) is 22.3. The molecule has 1 saturated heterocycles. The van der Waals surface area contributed by atoms with Crippen molar-refractivity contribution in [3.8, 4) is 0 Å². The topological polar surface area (TPSA) is 83.4 Å². The number of aromatic nitrogens is 2. The molecule has 108 valence electrons. The van der Waals surface area contributed by atoms with E-state index in [1.54, 1.807) is 11.8 Å². The van der Waals surface area contributed by atoms with E-state index in [1.165, 1.54) is 12.4 Å². The lowest BCUT2D eigenvalue weighted by atomic mass is 9.76. The first-order valence-corrected chi connectivity index (χ1v) is 6.68. The summed E-state index contributed by atoms with van der Waals surface area (Å²) in [5.41, 5.74) is 0.152. The number of hydrogen-bond acceptors (Lipinski definition) is 4. The van der Waals surface area contributed by atoms with Crippen LogP contribution in [0.2, 0.25) is 0 Å². The molecule has 1 aromatic rings. The Morgan fingerprint density at radius 2 is 2.05 bits per heavy atom. The quantitative estimate of drug-likeness (QED) is 0.901. The van der Waals surface area contributed by atoms with Gasteiger partial charge in [0.1, 0.15) is 5.69 Å². The highest BCUT2D eigenvalue weighted by Gasteiger charge is 2.48. The molecule has 1 aromatic heterocycles. The summed E-state index contributed by atoms with van der Waals surface area (Å²) in [5.74, 6) is -1.11. The summed E-state index contributed by atoms with van der Waals surface area (Å²) in [4.78, 5) is 33.5. The van der Waals surface area contributed by atoms with E-state index in [0.29, 0.717) is 13.0 Å². The SMILES string of the molecule is Cc1cnc(C(=O)N2CCC(C(=O)O)(C(C)C)C2)cn1. The number of carboxylic acid groups (broad SMARTS) is 1. The summed E-state index contributed by atoms with van der Waals surface area (Å²) in [6.07, 6.45) is 3.45. The number of nitrogens with zero attached hydrogens (tertiary/aromatic N) is 3. The fraction of sp³-hybridized carbons (Fsp3) is 0.571. The first-order chi connectivity index (χ1) is 9.36. The molecule has 1 amide bonds. The van der Waals surface area contributed by atoms with Crippen LogP contribution in [-0.2, 0) is 4.79 Å². The third kappa shape index (κ3) is 2.37. The van der Waals surface area contributed by atoms with Gasteiger partial charge in [0.25, 0.3) is 5.91 Å². The van der Waals surface area contributed by atoms with E-state index in [2.05, 4.69) is 9.97 Å². The minimum Gasteiger partial charge on any atom is -0.481 e. The maximum Gasteiger partial charge on any atom is 0.311 e. The largest absolute Gasteiger partial charge is 0.481 e. The summed E-state index contributed by atoms with van der Waals surface area (Å²) in [6, 6.07) is 0. The molecule has 0 aliphatic carbocycles. The third-order valence-electron chi connectivity index (χ3n) is 4.12. The van der Waals surface area contributed by atoms with Crippen LogP contribution in [0.1, 0.15) is 36.5 Å². The molecule has 1 aliphatic rings. The molecule has 1 unspecified atom stereocenters. The van der Waals surface area contributed by atoms with E-state index in [-0.39, 0.29) is 24.1 Å². The van der Waals surface area contributed by atoms with Crippen LogP contribution in [0.15, 0.2) is 12.4 Å². The summed E-state index contributed by atoms with van der Waals surface area (Å²) >= 11 is 0. The number of hydrogen-bond donors (Lipinski definition) is 1. The molecule has 0 saturated carbocycles. The fourth-order valence-electron chi connectivity index (χ4n) is 2.56. The lowest BCUT2D eigenvalue weighted by Gasteiger charge is -2.28. The highest BCUT2D eigenvalue weighted by atomic mass is 16.4. The molecule has 20 heavy (non-hydrogen) atoms. The van der Waals surface area contributed by atoms with Gasteiger partial charge < -0.3 is 10.0 Å². The van der Waals surface area contributed by atoms with Crippen LogP contribution >= 0.6 is 0 Å². The molecular formula is C14H19N3O3. The van der Waals surface area contributed by atoms with Crippen molar-refractivity contribution in [1.82, 2.24) is 14.9 Å². The molecule has 0 radical (unpaired) electrons. The van der Waals surface area contributed by atoms with Crippen molar-refractivity contribution in [2.24, 2.45) is 11.3 Å². The number of amides is 1. The van der Waals surface area contributed by atoms with Gasteiger partial charge in [0, 0.05) is 19.3 Å². The van der Waals surface area contributed by atoms with Crippen molar-refractivity contribution in [3.63, 3.8) is 0 Å². The Morgan fingerprint density at radius 1 is 1.35 bits per heavy atom. The highest BCUT2D eigenvalue weighted by Crippen LogP contribution is 2.38. The zero-order valence-electron chi connectivity index (χ0n) is 12.0. The molecule has 2 rings (SSSR count). The van der Waals surface area contributed by atoms with E-state index in [4.69, 9.17) is 0 Å². The van der Waals surface area contributed by atoms with Crippen LogP contribution in [-0.4, -0.2) is 44.9 Å². The van der Waals surface area contributed by atoms with Crippen molar-refractivity contribution in [1.29, 1.82) is 0 Å². The molecule has 6 heteroatoms. The van der Waals surface area contributed by atoms with Crippen molar-refractivity contribution in [2.75, 3.05) is 13.1 Å². The molecule has 1 aliphatic heterocycles. The van der Waals surface area contributed by atoms with Gasteiger partial charge in [-0.2, -0.15) is 0 Å². The first-order valence-electron chi connectivity index (χ1n) is 6.68. The van der Waals surface area contributed by atoms with Crippen LogP contribution in [0.5, 0.6) is 0 Å². The molecule has 6 nitrogen and oxygen atoms in total. The Balaban J connectivity index is 2.18. The van der Waals surface area contributed by atoms with Crippen molar-refractivity contribution in [2.45, 2.75) is 27.2 Å². The van der Waals surface area contributed by atoms with Crippen LogP contribution in [0, 0.1) is 18.3 Å². The number of rotatable bonds is 3. The maximum atomic E-state index is 12.3. The second-order valence-electron chi connectivity index (χ2n) is 5.64. The van der Waals surface area contributed by atoms with Gasteiger partial charge in [0.05, 0.1) is 17.3 Å². The summed E-state index contributed by atoms with van der Waals surface area (Å²) in [6.45, 7) is 6.24. The molecule has 1 fully saturated rings. The molecular weight excluding hydrogens is 258 g/mol. The minimum atomic E-state index is -0.853. The number of carbonyl (C=O) groups excluding carboxylic acids is 1. The number of aryl methyl sites for hydroxylation is 1. The minimum absolute atomic E-state index is 0.0260. The summed E-state index contributed by atoms with van der Waals surface area (Å²) < 4.78 is 0. The first kappa shape index (κ1) is 14.4. The van der Waals surface area contributed by atoms with Crippen molar-refractivity contribution >= 4 is 11.9 Å². The highest BCUT2D eigenvalue weighted by molar-refractivity contribution is 5.93. The Kier molecular flexibility index (Phi) is 3.74. The van der Waals surface area contributed by atoms with Gasteiger partial charge in [-0.1, -0.05) is 13.8 Å². The van der Waals surface area contributed by atoms with Gasteiger partial charge in [-0.05, 0) is 19.3 Å². The lowest BCUT2D eigenvalue weighted by molar-refractivity contribution is -0.150. The Bertz CT molecular complexity index is 527. The molecule has 0 aromatic carbocycles. The number of carboxylic acids is 1. The van der Waals surface area contributed by atoms with E-state index in [9.17, 15) is 14.7 Å². The van der Waals surface area contributed by atoms with Crippen LogP contribution in [0.3, 0.4) is 0 Å². The maximum absolute atomic E-state index is 12.3. The smallest absolute Gasteiger partial charge is 0.311 e. The van der Waals surface area contributed by atoms with E-state index in [0.717, 1.165) is 5.69 Å². The Labute approximate surface area is 117 Å². The Morgan fingerprint density at radius 3 is 2.50 bits per heavy atom. The van der Waals surface area contributed by atoms with Crippen LogP contribution in [0.4, 0.5) is 0 Å². The molecule has 1 atom stereocenters. The average Bonchev–Trinajstić information content (AvgIpc) is 2.85. The van der Waals surface area contributed by atoms with Gasteiger partial charge >= 0.3 is 5.97 Å². The second-order valence-corrected chi connectivity index (χ2v) is 5.64. The molecule has 1 N–H and O–H groups in total. The van der Waals surface area contributed by atoms with Gasteiger partial charge in [-0.25, -0.2) is 4.98 Å². The molecule has 0 bridgehead atoms. The zero-order chi connectivity index (χ0) is 14.9. The van der Waals surface area contributed by atoms with Crippen molar-refractivity contribution in [3.05, 3.63) is 23.8 Å². The predicted octanol–water partition coefficient (Wildman–Crippen LogP) is 1.36. The number of aliphatic carboxylic acids is 1. The number of carbonyl (C=O) groups is 2. The fourth-order valence-corrected chi connectivity index (χ4v) is 2.56. The lowest BCUT2D eigenvalue weighted by Crippen LogP contribution is -2.40. The van der Waals surface area contributed by atoms with E-state index >= 15 is 0 Å². The van der Waals surface area contributed by atoms with Gasteiger partial charge in [-0.3, -0.25) is 14.6 Å². The van der Waals surface area contributed by atoms with E-state index in [1.807, 2.05) is 13.8 Å². The Hall–Kier alpha value is -1.98. The molecule has 2 heterocycles. The standard InChI is InChI=1S/C14H19N3O3/c1-9(2)14(13(19)20)4-5-17(8-14)12(18)11-7-15-10(3)6-16-11/h6-7,9H,4-5,8H2,1-3H3,(H,19,20). The third-order valence-corrected chi connectivity index (χ3v) is 4.12. The monoisotopic (exact) mass is 277 g/mol. The summed E-state index contributed by atoms with van der Waals surface area (Å²) in [5, 5.41) is 9.47. The van der Waals surface area contributed by atoms with Crippen molar-refractivity contribution < 1.29 is 14.7 Å². The number of likely N-dealkylation sites (tertiary alicyclic amines) is 1. The molecule has 0 spiro atoms. The van der Waals surface area contributed by atoms with Crippen LogP contribution in [0.25, 0.3) is 0 Å². The predicted molar refractivity (Wildman–Crippen MR) is 72.2 cm³/mol. The van der Waals surface area contributed by atoms with E-state index < -0.39 is 11.4 Å². The van der Waals surface area contributed by atoms with Crippen LogP contribution < -0.4 is 0 Å². The average molecular weight is 277 g/mol. The van der Waals surface area contributed by atoms with Gasteiger partial charge in [0.2, 0.25) is 0 Å². The summed E-state index contributed by atoms with van der Waals surface area (Å²) in [7, 11) is 0.